The summed E-state index contributed by atoms with van der Waals surface area (Å²) in [5.74, 6) is -0.637. The Bertz CT molecular complexity index is 636. The minimum absolute atomic E-state index is 0.270. The number of esters is 1. The van der Waals surface area contributed by atoms with E-state index in [0.29, 0.717) is 29.8 Å². The summed E-state index contributed by atoms with van der Waals surface area (Å²) in [6.45, 7) is 9.60. The van der Waals surface area contributed by atoms with Gasteiger partial charge in [-0.25, -0.2) is 4.79 Å². The van der Waals surface area contributed by atoms with E-state index in [0.717, 1.165) is 0 Å². The van der Waals surface area contributed by atoms with Crippen LogP contribution in [0.1, 0.15) is 38.8 Å². The van der Waals surface area contributed by atoms with Crippen LogP contribution in [0, 0.1) is 0 Å². The zero-order valence-corrected chi connectivity index (χ0v) is 16.1. The largest absolute Gasteiger partial charge is 0.457 e. The van der Waals surface area contributed by atoms with Crippen LogP contribution in [-0.4, -0.2) is 36.3 Å². The van der Waals surface area contributed by atoms with Crippen molar-refractivity contribution in [3.8, 4) is 0 Å². The molecule has 0 heterocycles. The summed E-state index contributed by atoms with van der Waals surface area (Å²) in [5.41, 5.74) is -0.792. The molecule has 0 atom stereocenters. The van der Waals surface area contributed by atoms with Gasteiger partial charge in [-0.3, -0.25) is 0 Å². The molecule has 2 N–H and O–H groups in total. The quantitative estimate of drug-likeness (QED) is 0.713. The maximum absolute atomic E-state index is 12.9. The summed E-state index contributed by atoms with van der Waals surface area (Å²) in [4.78, 5) is 14.3. The first-order valence-corrected chi connectivity index (χ1v) is 9.23. The third-order valence-corrected chi connectivity index (χ3v) is 4.79. The number of nitrogens with one attached hydrogen (secondary N) is 1. The monoisotopic (exact) mass is 356 g/mol. The first-order chi connectivity index (χ1) is 12.4. The molecule has 0 saturated carbocycles. The van der Waals surface area contributed by atoms with E-state index in [1.54, 1.807) is 48.5 Å². The topological polar surface area (TPSA) is 51.0 Å². The molecule has 0 aromatic heterocycles. The van der Waals surface area contributed by atoms with Crippen molar-refractivity contribution in [2.75, 3.05) is 13.2 Å². The number of ether oxygens (including phenoxy) is 1. The molecule has 0 aliphatic heterocycles. The molecule has 2 aromatic carbocycles. The molecule has 0 aliphatic rings. The van der Waals surface area contributed by atoms with Gasteiger partial charge in [0, 0.05) is 0 Å². The molecule has 26 heavy (non-hydrogen) atoms. The molecule has 0 radical (unpaired) electrons. The number of aliphatic hydroxyl groups is 1. The Kier molecular flexibility index (Phi) is 6.95. The van der Waals surface area contributed by atoms with Gasteiger partial charge in [0.15, 0.2) is 0 Å². The number of rotatable bonds is 8. The van der Waals surface area contributed by atoms with Crippen LogP contribution in [-0.2, 0) is 15.1 Å². The highest BCUT2D eigenvalue weighted by Crippen LogP contribution is 2.30. The van der Waals surface area contributed by atoms with Gasteiger partial charge in [-0.2, -0.15) is 0 Å². The van der Waals surface area contributed by atoms with Crippen molar-refractivity contribution in [2.24, 2.45) is 0 Å². The lowest BCUT2D eigenvalue weighted by Gasteiger charge is -2.29. The molecule has 0 amide bonds. The SMILES string of the molecule is CC(C)[NH+](CCOC(=O)C(O)(c1ccccc1)c1ccccc1)C(C)C. The Morgan fingerprint density at radius 3 is 1.73 bits per heavy atom. The standard InChI is InChI=1S/C22H29NO3/c1-17(2)23(18(3)4)15-16-26-21(24)22(25,19-11-7-5-8-12-19)20-13-9-6-10-14-20/h5-14,17-18,25H,15-16H2,1-4H3/p+1. The van der Waals surface area contributed by atoms with Gasteiger partial charge in [-0.05, 0) is 38.8 Å². The second-order valence-electron chi connectivity index (χ2n) is 7.21. The molecule has 0 spiro atoms. The van der Waals surface area contributed by atoms with E-state index in [-0.39, 0.29) is 6.61 Å². The van der Waals surface area contributed by atoms with Gasteiger partial charge in [-0.1, -0.05) is 60.7 Å². The van der Waals surface area contributed by atoms with E-state index in [1.807, 2.05) is 12.1 Å². The summed E-state index contributed by atoms with van der Waals surface area (Å²) in [6.07, 6.45) is 0. The second-order valence-corrected chi connectivity index (χ2v) is 7.21. The van der Waals surface area contributed by atoms with Crippen molar-refractivity contribution in [2.45, 2.75) is 45.4 Å². The zero-order chi connectivity index (χ0) is 19.2. The highest BCUT2D eigenvalue weighted by molar-refractivity contribution is 5.85. The van der Waals surface area contributed by atoms with Gasteiger partial charge in [0.2, 0.25) is 5.60 Å². The number of carbonyl (C=O) groups excluding carboxylic acids is 1. The Balaban J connectivity index is 2.20. The number of hydrogen-bond donors (Lipinski definition) is 2. The van der Waals surface area contributed by atoms with Gasteiger partial charge >= 0.3 is 5.97 Å². The fourth-order valence-electron chi connectivity index (χ4n) is 3.37. The van der Waals surface area contributed by atoms with E-state index < -0.39 is 11.6 Å². The zero-order valence-electron chi connectivity index (χ0n) is 16.1. The second kappa shape index (κ2) is 8.97. The summed E-state index contributed by atoms with van der Waals surface area (Å²) < 4.78 is 5.54. The molecule has 0 unspecified atom stereocenters. The predicted molar refractivity (Wildman–Crippen MR) is 103 cm³/mol. The van der Waals surface area contributed by atoms with E-state index in [4.69, 9.17) is 4.74 Å². The van der Waals surface area contributed by atoms with E-state index in [9.17, 15) is 9.90 Å². The van der Waals surface area contributed by atoms with E-state index >= 15 is 0 Å². The molecule has 2 rings (SSSR count). The summed E-state index contributed by atoms with van der Waals surface area (Å²) in [5, 5.41) is 11.3. The smallest absolute Gasteiger partial charge is 0.347 e. The normalized spacial score (nSPS) is 12.0. The van der Waals surface area contributed by atoms with Crippen molar-refractivity contribution in [1.29, 1.82) is 0 Å². The lowest BCUT2D eigenvalue weighted by molar-refractivity contribution is -0.942. The van der Waals surface area contributed by atoms with Crippen LogP contribution in [0.5, 0.6) is 0 Å². The Labute approximate surface area is 156 Å². The number of hydrogen-bond acceptors (Lipinski definition) is 3. The molecule has 0 aliphatic carbocycles. The maximum Gasteiger partial charge on any atom is 0.347 e. The molecule has 0 saturated heterocycles. The molecular weight excluding hydrogens is 326 g/mol. The third-order valence-electron chi connectivity index (χ3n) is 4.79. The number of benzene rings is 2. The highest BCUT2D eigenvalue weighted by Gasteiger charge is 2.41. The number of quaternary nitrogens is 1. The predicted octanol–water partition coefficient (Wildman–Crippen LogP) is 2.17. The van der Waals surface area contributed by atoms with Gasteiger partial charge in [0.25, 0.3) is 0 Å². The molecule has 4 nitrogen and oxygen atoms in total. The van der Waals surface area contributed by atoms with Crippen LogP contribution in [0.3, 0.4) is 0 Å². The average Bonchev–Trinajstić information content (AvgIpc) is 2.65. The van der Waals surface area contributed by atoms with Crippen LogP contribution in [0.4, 0.5) is 0 Å². The third kappa shape index (κ3) is 4.51. The number of carbonyl (C=O) groups is 1. The minimum atomic E-state index is -1.81. The molecule has 0 fully saturated rings. The van der Waals surface area contributed by atoms with Crippen molar-refractivity contribution in [3.05, 3.63) is 71.8 Å². The summed E-state index contributed by atoms with van der Waals surface area (Å²) in [6, 6.07) is 18.8. The Morgan fingerprint density at radius 2 is 1.35 bits per heavy atom. The van der Waals surface area contributed by atoms with Crippen molar-refractivity contribution >= 4 is 5.97 Å². The molecule has 0 bridgehead atoms. The fraction of sp³-hybridized carbons (Fsp3) is 0.409. The van der Waals surface area contributed by atoms with Gasteiger partial charge < -0.3 is 14.7 Å². The van der Waals surface area contributed by atoms with Crippen LogP contribution in [0.25, 0.3) is 0 Å². The highest BCUT2D eigenvalue weighted by atomic mass is 16.5. The molecule has 140 valence electrons. The minimum Gasteiger partial charge on any atom is -0.457 e. The molecule has 2 aromatic rings. The van der Waals surface area contributed by atoms with Crippen LogP contribution < -0.4 is 4.90 Å². The van der Waals surface area contributed by atoms with Gasteiger partial charge in [0.05, 0.1) is 12.1 Å². The van der Waals surface area contributed by atoms with Crippen molar-refractivity contribution in [3.63, 3.8) is 0 Å². The lowest BCUT2D eigenvalue weighted by Crippen LogP contribution is -3.18. The van der Waals surface area contributed by atoms with Crippen molar-refractivity contribution < 1.29 is 19.5 Å². The van der Waals surface area contributed by atoms with Crippen LogP contribution in [0.15, 0.2) is 60.7 Å². The summed E-state index contributed by atoms with van der Waals surface area (Å²) >= 11 is 0. The van der Waals surface area contributed by atoms with Gasteiger partial charge in [-0.15, -0.1) is 0 Å². The fourth-order valence-corrected chi connectivity index (χ4v) is 3.37. The first kappa shape index (κ1) is 20.1. The van der Waals surface area contributed by atoms with Crippen LogP contribution >= 0.6 is 0 Å². The molecular formula is C22H30NO3+. The maximum atomic E-state index is 12.9. The van der Waals surface area contributed by atoms with E-state index in [2.05, 4.69) is 27.7 Å². The van der Waals surface area contributed by atoms with Gasteiger partial charge in [0.1, 0.15) is 13.2 Å². The first-order valence-electron chi connectivity index (χ1n) is 9.23. The average molecular weight is 356 g/mol. The van der Waals surface area contributed by atoms with Crippen LogP contribution in [0.2, 0.25) is 0 Å². The molecule has 4 heteroatoms. The Morgan fingerprint density at radius 1 is 0.923 bits per heavy atom. The van der Waals surface area contributed by atoms with Crippen molar-refractivity contribution in [1.82, 2.24) is 0 Å². The van der Waals surface area contributed by atoms with E-state index in [1.165, 1.54) is 4.90 Å². The summed E-state index contributed by atoms with van der Waals surface area (Å²) in [7, 11) is 0. The lowest BCUT2D eigenvalue weighted by atomic mass is 9.86. The Hall–Kier alpha value is -2.17.